The molecule has 104 valence electrons. The molecule has 1 saturated carbocycles. The normalized spacial score (nSPS) is 18.5. The average Bonchev–Trinajstić information content (AvgIpc) is 2.78. The number of alkyl halides is 2. The summed E-state index contributed by atoms with van der Waals surface area (Å²) < 4.78 is 40.5. The van der Waals surface area contributed by atoms with Gasteiger partial charge in [-0.1, -0.05) is 18.9 Å². The minimum atomic E-state index is -3.11. The van der Waals surface area contributed by atoms with Crippen LogP contribution in [0.2, 0.25) is 0 Å². The molecule has 0 atom stereocenters. The fourth-order valence-electron chi connectivity index (χ4n) is 2.74. The van der Waals surface area contributed by atoms with E-state index in [4.69, 9.17) is 0 Å². The predicted molar refractivity (Wildman–Crippen MR) is 63.7 cm³/mol. The second-order valence-corrected chi connectivity index (χ2v) is 5.18. The van der Waals surface area contributed by atoms with E-state index in [1.54, 1.807) is 0 Å². The lowest BCUT2D eigenvalue weighted by molar-refractivity contribution is -0.143. The van der Waals surface area contributed by atoms with Crippen LogP contribution < -0.4 is 0 Å². The van der Waals surface area contributed by atoms with E-state index in [-0.39, 0.29) is 24.0 Å². The van der Waals surface area contributed by atoms with Crippen LogP contribution in [-0.4, -0.2) is 11.1 Å². The van der Waals surface area contributed by atoms with E-state index in [9.17, 15) is 23.1 Å². The molecular weight excluding hydrogens is 257 g/mol. The van der Waals surface area contributed by atoms with Gasteiger partial charge in [-0.25, -0.2) is 13.2 Å². The van der Waals surface area contributed by atoms with Gasteiger partial charge in [-0.3, -0.25) is 4.79 Å². The average molecular weight is 272 g/mol. The molecule has 0 aromatic heterocycles. The van der Waals surface area contributed by atoms with E-state index in [0.717, 1.165) is 18.2 Å². The molecule has 0 saturated heterocycles. The molecule has 5 heteroatoms. The number of halogens is 3. The number of carboxylic acid groups (broad SMARTS) is 1. The lowest BCUT2D eigenvalue weighted by atomic mass is 9.78. The Hall–Kier alpha value is -1.52. The topological polar surface area (TPSA) is 37.3 Å². The van der Waals surface area contributed by atoms with Crippen molar-refractivity contribution in [1.82, 2.24) is 0 Å². The Morgan fingerprint density at radius 2 is 1.89 bits per heavy atom. The van der Waals surface area contributed by atoms with Crippen LogP contribution in [0, 0.1) is 5.82 Å². The van der Waals surface area contributed by atoms with Gasteiger partial charge >= 0.3 is 5.97 Å². The fraction of sp³-hybridized carbons (Fsp3) is 0.500. The molecule has 1 aliphatic rings. The van der Waals surface area contributed by atoms with Gasteiger partial charge in [0, 0.05) is 18.1 Å². The first kappa shape index (κ1) is 13.9. The highest BCUT2D eigenvalue weighted by Gasteiger charge is 2.45. The van der Waals surface area contributed by atoms with Gasteiger partial charge in [0.05, 0.1) is 5.41 Å². The van der Waals surface area contributed by atoms with Crippen molar-refractivity contribution in [3.63, 3.8) is 0 Å². The van der Waals surface area contributed by atoms with E-state index in [2.05, 4.69) is 0 Å². The van der Waals surface area contributed by atoms with Crippen LogP contribution in [0.15, 0.2) is 18.2 Å². The largest absolute Gasteiger partial charge is 0.481 e. The van der Waals surface area contributed by atoms with Crippen molar-refractivity contribution in [1.29, 1.82) is 0 Å². The highest BCUT2D eigenvalue weighted by atomic mass is 19.3. The Labute approximate surface area is 109 Å². The summed E-state index contributed by atoms with van der Waals surface area (Å²) in [5, 5.41) is 9.38. The predicted octanol–water partition coefficient (Wildman–Crippen LogP) is 3.83. The maximum Gasteiger partial charge on any atom is 0.314 e. The molecule has 1 aromatic carbocycles. The van der Waals surface area contributed by atoms with Gasteiger partial charge in [-0.15, -0.1) is 0 Å². The van der Waals surface area contributed by atoms with Crippen LogP contribution in [0.5, 0.6) is 0 Å². The van der Waals surface area contributed by atoms with E-state index < -0.39 is 23.1 Å². The van der Waals surface area contributed by atoms with Gasteiger partial charge in [-0.05, 0) is 25.0 Å². The molecule has 2 rings (SSSR count). The molecule has 0 amide bonds. The number of carbonyl (C=O) groups is 1. The zero-order valence-corrected chi connectivity index (χ0v) is 10.5. The Morgan fingerprint density at radius 3 is 2.37 bits per heavy atom. The Kier molecular flexibility index (Phi) is 3.32. The summed E-state index contributed by atoms with van der Waals surface area (Å²) in [5.74, 6) is -4.97. The van der Waals surface area contributed by atoms with Gasteiger partial charge in [0.2, 0.25) is 0 Å². The van der Waals surface area contributed by atoms with Crippen molar-refractivity contribution >= 4 is 5.97 Å². The number of rotatable bonds is 3. The molecule has 2 nitrogen and oxygen atoms in total. The molecule has 0 bridgehead atoms. The van der Waals surface area contributed by atoms with E-state index >= 15 is 0 Å². The quantitative estimate of drug-likeness (QED) is 0.907. The molecule has 0 unspecified atom stereocenters. The number of benzene rings is 1. The smallest absolute Gasteiger partial charge is 0.314 e. The molecule has 0 spiro atoms. The van der Waals surface area contributed by atoms with Crippen molar-refractivity contribution in [3.05, 3.63) is 35.1 Å². The van der Waals surface area contributed by atoms with E-state index in [1.807, 2.05) is 0 Å². The highest BCUT2D eigenvalue weighted by molar-refractivity contribution is 5.82. The Balaban J connectivity index is 2.57. The first-order valence-corrected chi connectivity index (χ1v) is 6.19. The minimum absolute atomic E-state index is 0.114. The summed E-state index contributed by atoms with van der Waals surface area (Å²) >= 11 is 0. The molecule has 1 aromatic rings. The summed E-state index contributed by atoms with van der Waals surface area (Å²) in [5.41, 5.74) is -1.82. The van der Waals surface area contributed by atoms with E-state index in [1.165, 1.54) is 0 Å². The van der Waals surface area contributed by atoms with Crippen LogP contribution in [-0.2, 0) is 16.1 Å². The van der Waals surface area contributed by atoms with Crippen molar-refractivity contribution < 1.29 is 23.1 Å². The molecule has 1 N–H and O–H groups in total. The Morgan fingerprint density at radius 1 is 1.32 bits per heavy atom. The third-order valence-electron chi connectivity index (χ3n) is 3.86. The van der Waals surface area contributed by atoms with Gasteiger partial charge in [0.1, 0.15) is 5.82 Å². The number of aliphatic carboxylic acids is 1. The zero-order chi connectivity index (χ0) is 14.3. The van der Waals surface area contributed by atoms with Gasteiger partial charge < -0.3 is 5.11 Å². The third kappa shape index (κ3) is 2.33. The number of carboxylic acids is 1. The van der Waals surface area contributed by atoms with Crippen molar-refractivity contribution in [2.45, 2.75) is 43.9 Å². The van der Waals surface area contributed by atoms with Gasteiger partial charge in [0.15, 0.2) is 0 Å². The second kappa shape index (κ2) is 4.54. The van der Waals surface area contributed by atoms with Crippen molar-refractivity contribution in [2.75, 3.05) is 0 Å². The van der Waals surface area contributed by atoms with Crippen LogP contribution >= 0.6 is 0 Å². The second-order valence-electron chi connectivity index (χ2n) is 5.18. The van der Waals surface area contributed by atoms with Gasteiger partial charge in [-0.2, -0.15) is 0 Å². The summed E-state index contributed by atoms with van der Waals surface area (Å²) in [6.45, 7) is 0.714. The van der Waals surface area contributed by atoms with Crippen molar-refractivity contribution in [2.24, 2.45) is 0 Å². The lowest BCUT2D eigenvalue weighted by Crippen LogP contribution is -2.34. The monoisotopic (exact) mass is 272 g/mol. The molecule has 1 fully saturated rings. The van der Waals surface area contributed by atoms with Gasteiger partial charge in [0.25, 0.3) is 5.92 Å². The summed E-state index contributed by atoms with van der Waals surface area (Å²) in [6.07, 6.45) is 1.91. The maximum absolute atomic E-state index is 13.9. The van der Waals surface area contributed by atoms with Crippen molar-refractivity contribution in [3.8, 4) is 0 Å². The first-order valence-electron chi connectivity index (χ1n) is 6.19. The minimum Gasteiger partial charge on any atom is -0.481 e. The molecule has 19 heavy (non-hydrogen) atoms. The maximum atomic E-state index is 13.9. The first-order chi connectivity index (χ1) is 8.77. The Bertz CT molecular complexity index is 500. The standard InChI is InChI=1S/C14H15F3O2/c1-13(16,17)9-4-5-11(15)10(8-9)14(12(18)19)6-2-3-7-14/h4-5,8H,2-3,6-7H2,1H3,(H,18,19). The van der Waals surface area contributed by atoms with E-state index in [0.29, 0.717) is 19.8 Å². The van der Waals surface area contributed by atoms with Crippen LogP contribution in [0.3, 0.4) is 0 Å². The zero-order valence-electron chi connectivity index (χ0n) is 10.5. The molecule has 0 radical (unpaired) electrons. The summed E-state index contributed by atoms with van der Waals surface area (Å²) in [7, 11) is 0. The van der Waals surface area contributed by atoms with Crippen LogP contribution in [0.4, 0.5) is 13.2 Å². The molecular formula is C14H15F3O2. The van der Waals surface area contributed by atoms with Crippen LogP contribution in [0.25, 0.3) is 0 Å². The number of hydrogen-bond donors (Lipinski definition) is 1. The highest BCUT2D eigenvalue weighted by Crippen LogP contribution is 2.43. The SMILES string of the molecule is CC(F)(F)c1ccc(F)c(C2(C(=O)O)CCCC2)c1. The molecule has 0 heterocycles. The summed E-state index contributed by atoms with van der Waals surface area (Å²) in [4.78, 5) is 11.5. The molecule has 0 aliphatic heterocycles. The summed E-state index contributed by atoms with van der Waals surface area (Å²) in [6, 6.07) is 2.95. The van der Waals surface area contributed by atoms with Crippen LogP contribution in [0.1, 0.15) is 43.7 Å². The molecule has 1 aliphatic carbocycles. The lowest BCUT2D eigenvalue weighted by Gasteiger charge is -2.26. The number of hydrogen-bond acceptors (Lipinski definition) is 1. The fourth-order valence-corrected chi connectivity index (χ4v) is 2.74. The third-order valence-corrected chi connectivity index (χ3v) is 3.86.